The van der Waals surface area contributed by atoms with Crippen molar-refractivity contribution in [2.75, 3.05) is 6.54 Å². The van der Waals surface area contributed by atoms with Gasteiger partial charge in [0.25, 0.3) is 0 Å². The van der Waals surface area contributed by atoms with E-state index >= 15 is 0 Å². The average molecular weight is 363 g/mol. The molecule has 5 heteroatoms. The molecule has 0 radical (unpaired) electrons. The summed E-state index contributed by atoms with van der Waals surface area (Å²) in [4.78, 5) is 19.1. The molecule has 0 bridgehead atoms. The number of rotatable bonds is 4. The van der Waals surface area contributed by atoms with Gasteiger partial charge in [-0.1, -0.05) is 66.8 Å². The molecule has 0 fully saturated rings. The Morgan fingerprint density at radius 1 is 0.815 bits per heavy atom. The number of nitrogens with two attached hydrogens (primary N) is 1. The van der Waals surface area contributed by atoms with Gasteiger partial charge in [-0.2, -0.15) is 0 Å². The van der Waals surface area contributed by atoms with Crippen LogP contribution < -0.4 is 5.73 Å². The highest BCUT2D eigenvalue weighted by Gasteiger charge is 2.13. The van der Waals surface area contributed by atoms with Gasteiger partial charge in [0.1, 0.15) is 0 Å². The van der Waals surface area contributed by atoms with Crippen LogP contribution in [0.2, 0.25) is 0 Å². The molecule has 27 heavy (non-hydrogen) atoms. The van der Waals surface area contributed by atoms with Crippen LogP contribution in [0.15, 0.2) is 66.8 Å². The Morgan fingerprint density at radius 2 is 1.26 bits per heavy atom. The first-order valence-electron chi connectivity index (χ1n) is 8.44. The second kappa shape index (κ2) is 9.89. The molecule has 2 aromatic rings. The number of fused-ring (bicyclic) bond motifs is 2. The molecule has 0 aliphatic heterocycles. The van der Waals surface area contributed by atoms with Crippen LogP contribution in [0, 0.1) is 0 Å². The van der Waals surface area contributed by atoms with E-state index in [1.807, 2.05) is 0 Å². The molecule has 1 aliphatic carbocycles. The quantitative estimate of drug-likeness (QED) is 0.614. The second-order valence-electron chi connectivity index (χ2n) is 5.71. The summed E-state index contributed by atoms with van der Waals surface area (Å²) in [6.45, 7) is 0.682. The van der Waals surface area contributed by atoms with Gasteiger partial charge in [0.05, 0.1) is 0 Å². The number of carboxylic acids is 2. The summed E-state index contributed by atoms with van der Waals surface area (Å²) in [6.07, 6.45) is 8.66. The summed E-state index contributed by atoms with van der Waals surface area (Å²) in [5, 5.41) is 15.6. The first-order chi connectivity index (χ1) is 13.0. The summed E-state index contributed by atoms with van der Waals surface area (Å²) in [5.41, 5.74) is 12.1. The van der Waals surface area contributed by atoms with Crippen LogP contribution in [0.4, 0.5) is 0 Å². The fourth-order valence-electron chi connectivity index (χ4n) is 2.69. The normalized spacial score (nSPS) is 11.7. The number of benzene rings is 2. The van der Waals surface area contributed by atoms with Gasteiger partial charge in [-0.15, -0.1) is 0 Å². The smallest absolute Gasteiger partial charge is 0.328 e. The van der Waals surface area contributed by atoms with Crippen LogP contribution in [0.5, 0.6) is 0 Å². The average Bonchev–Trinajstić information content (AvgIpc) is 2.82. The molecule has 138 valence electrons. The van der Waals surface area contributed by atoms with Gasteiger partial charge in [-0.05, 0) is 40.8 Å². The van der Waals surface area contributed by atoms with E-state index in [1.54, 1.807) is 0 Å². The van der Waals surface area contributed by atoms with Crippen molar-refractivity contribution in [1.82, 2.24) is 0 Å². The number of carboxylic acid groups (broad SMARTS) is 2. The minimum Gasteiger partial charge on any atom is -0.478 e. The first kappa shape index (κ1) is 19.9. The molecule has 5 nitrogen and oxygen atoms in total. The first-order valence-corrected chi connectivity index (χ1v) is 8.44. The Labute approximate surface area is 157 Å². The standard InChI is InChI=1S/C18H17N.C4H4O4/c19-13-5-10-18-16-8-3-1-6-14(16)11-12-15-7-2-4-9-17(15)18;5-3(6)1-2-4(7)8/h1-4,6-12H,5,13,19H2;1-2H,(H,5,6)(H,7,8)/b;2-1-. The lowest BCUT2D eigenvalue weighted by molar-refractivity contribution is -0.134. The molecule has 0 aromatic heterocycles. The molecule has 0 unspecified atom stereocenters. The lowest BCUT2D eigenvalue weighted by atomic mass is 9.93. The molecular weight excluding hydrogens is 342 g/mol. The minimum atomic E-state index is -1.26. The highest BCUT2D eigenvalue weighted by Crippen LogP contribution is 2.33. The van der Waals surface area contributed by atoms with E-state index in [9.17, 15) is 9.59 Å². The third-order valence-electron chi connectivity index (χ3n) is 3.83. The van der Waals surface area contributed by atoms with Crippen LogP contribution in [-0.2, 0) is 9.59 Å². The fraction of sp³-hybridized carbons (Fsp3) is 0.0909. The Hall–Kier alpha value is -3.44. The number of hydrogen-bond acceptors (Lipinski definition) is 3. The van der Waals surface area contributed by atoms with Gasteiger partial charge < -0.3 is 15.9 Å². The lowest BCUT2D eigenvalue weighted by Crippen LogP contribution is -1.98. The Morgan fingerprint density at radius 3 is 1.67 bits per heavy atom. The molecule has 0 saturated carbocycles. The van der Waals surface area contributed by atoms with E-state index in [1.165, 1.54) is 27.8 Å². The second-order valence-corrected chi connectivity index (χ2v) is 5.71. The van der Waals surface area contributed by atoms with Crippen LogP contribution in [0.1, 0.15) is 28.7 Å². The largest absolute Gasteiger partial charge is 0.478 e. The van der Waals surface area contributed by atoms with Crippen LogP contribution in [-0.4, -0.2) is 28.7 Å². The van der Waals surface area contributed by atoms with Crippen molar-refractivity contribution in [3.8, 4) is 0 Å². The van der Waals surface area contributed by atoms with Crippen molar-refractivity contribution in [3.05, 3.63) is 89.0 Å². The molecule has 0 atom stereocenters. The Balaban J connectivity index is 0.000000279. The van der Waals surface area contributed by atoms with Crippen molar-refractivity contribution in [2.24, 2.45) is 5.73 Å². The summed E-state index contributed by atoms with van der Waals surface area (Å²) in [5.74, 6) is -2.51. The van der Waals surface area contributed by atoms with Crippen molar-refractivity contribution in [3.63, 3.8) is 0 Å². The van der Waals surface area contributed by atoms with E-state index in [0.29, 0.717) is 18.7 Å². The van der Waals surface area contributed by atoms with Gasteiger partial charge >= 0.3 is 11.9 Å². The lowest BCUT2D eigenvalue weighted by Gasteiger charge is -2.11. The molecular formula is C22H21NO4. The highest BCUT2D eigenvalue weighted by molar-refractivity contribution is 5.93. The van der Waals surface area contributed by atoms with Gasteiger partial charge in [0.2, 0.25) is 0 Å². The molecule has 1 aliphatic rings. The molecule has 0 amide bonds. The van der Waals surface area contributed by atoms with Crippen molar-refractivity contribution in [1.29, 1.82) is 0 Å². The molecule has 0 spiro atoms. The maximum Gasteiger partial charge on any atom is 0.328 e. The summed E-state index contributed by atoms with van der Waals surface area (Å²) in [7, 11) is 0. The van der Waals surface area contributed by atoms with E-state index in [0.717, 1.165) is 6.42 Å². The third-order valence-corrected chi connectivity index (χ3v) is 3.83. The van der Waals surface area contributed by atoms with E-state index in [-0.39, 0.29) is 0 Å². The van der Waals surface area contributed by atoms with Crippen LogP contribution in [0.3, 0.4) is 0 Å². The zero-order valence-electron chi connectivity index (χ0n) is 14.7. The topological polar surface area (TPSA) is 101 Å². The predicted octanol–water partition coefficient (Wildman–Crippen LogP) is 3.66. The van der Waals surface area contributed by atoms with E-state index in [2.05, 4.69) is 66.8 Å². The molecule has 0 heterocycles. The predicted molar refractivity (Wildman–Crippen MR) is 107 cm³/mol. The van der Waals surface area contributed by atoms with Gasteiger partial charge in [0, 0.05) is 12.2 Å². The summed E-state index contributed by atoms with van der Waals surface area (Å²) in [6, 6.07) is 17.0. The maximum absolute atomic E-state index is 9.55. The molecule has 0 saturated heterocycles. The number of carbonyl (C=O) groups is 2. The summed E-state index contributed by atoms with van der Waals surface area (Å²) >= 11 is 0. The summed E-state index contributed by atoms with van der Waals surface area (Å²) < 4.78 is 0. The zero-order valence-corrected chi connectivity index (χ0v) is 14.7. The van der Waals surface area contributed by atoms with Gasteiger partial charge in [-0.25, -0.2) is 9.59 Å². The monoisotopic (exact) mass is 363 g/mol. The van der Waals surface area contributed by atoms with Gasteiger partial charge in [0.15, 0.2) is 0 Å². The van der Waals surface area contributed by atoms with E-state index in [4.69, 9.17) is 15.9 Å². The SMILES string of the molecule is NCCC=C1c2ccccc2C=Cc2ccccc21.O=C(O)/C=C\C(=O)O. The van der Waals surface area contributed by atoms with Gasteiger partial charge in [-0.3, -0.25) is 0 Å². The van der Waals surface area contributed by atoms with Crippen LogP contribution >= 0.6 is 0 Å². The third kappa shape index (κ3) is 5.80. The Bertz CT molecular complexity index is 843. The zero-order chi connectivity index (χ0) is 19.6. The number of hydrogen-bond donors (Lipinski definition) is 3. The minimum absolute atomic E-state index is 0.558. The van der Waals surface area contributed by atoms with Crippen molar-refractivity contribution in [2.45, 2.75) is 6.42 Å². The molecule has 2 aromatic carbocycles. The van der Waals surface area contributed by atoms with Crippen LogP contribution in [0.25, 0.3) is 17.7 Å². The number of aliphatic carboxylic acids is 2. The molecule has 3 rings (SSSR count). The Kier molecular flexibility index (Phi) is 7.28. The fourth-order valence-corrected chi connectivity index (χ4v) is 2.69. The van der Waals surface area contributed by atoms with Crippen molar-refractivity contribution < 1.29 is 19.8 Å². The van der Waals surface area contributed by atoms with Crippen molar-refractivity contribution >= 4 is 29.7 Å². The highest BCUT2D eigenvalue weighted by atomic mass is 16.4. The van der Waals surface area contributed by atoms with E-state index < -0.39 is 11.9 Å². The maximum atomic E-state index is 9.55. The molecule has 4 N–H and O–H groups in total.